The van der Waals surface area contributed by atoms with E-state index in [0.29, 0.717) is 5.41 Å². The van der Waals surface area contributed by atoms with Gasteiger partial charge in [-0.25, -0.2) is 0 Å². The Bertz CT molecular complexity index is 561. The Morgan fingerprint density at radius 1 is 0.708 bits per heavy atom. The van der Waals surface area contributed by atoms with Gasteiger partial charge in [-0.05, 0) is 91.9 Å². The number of rotatable bonds is 2. The zero-order valence-electron chi connectivity index (χ0n) is 15.3. The van der Waals surface area contributed by atoms with Gasteiger partial charge in [-0.1, -0.05) is 56.0 Å². The van der Waals surface area contributed by atoms with E-state index in [4.69, 9.17) is 0 Å². The van der Waals surface area contributed by atoms with E-state index in [9.17, 15) is 0 Å². The van der Waals surface area contributed by atoms with Crippen LogP contribution in [-0.4, -0.2) is 0 Å². The van der Waals surface area contributed by atoms with Crippen LogP contribution < -0.4 is 0 Å². The van der Waals surface area contributed by atoms with Crippen molar-refractivity contribution in [1.29, 1.82) is 0 Å². The van der Waals surface area contributed by atoms with E-state index in [1.54, 1.807) is 44.1 Å². The molecule has 24 heavy (non-hydrogen) atoms. The molecule has 0 nitrogen and oxygen atoms in total. The van der Waals surface area contributed by atoms with E-state index in [-0.39, 0.29) is 0 Å². The van der Waals surface area contributed by atoms with Crippen LogP contribution in [0.5, 0.6) is 0 Å². The largest absolute Gasteiger partial charge is 0.0622 e. The summed E-state index contributed by atoms with van der Waals surface area (Å²) in [5.41, 5.74) is 2.28. The lowest BCUT2D eigenvalue weighted by atomic mass is 9.49. The minimum atomic E-state index is 0.671. The smallest absolute Gasteiger partial charge is 0.0219 e. The highest BCUT2D eigenvalue weighted by molar-refractivity contribution is 5.19. The molecular formula is C24H34. The molecule has 0 aromatic heterocycles. The van der Waals surface area contributed by atoms with E-state index in [1.165, 1.54) is 38.5 Å². The zero-order chi connectivity index (χ0) is 16.0. The third-order valence-electron chi connectivity index (χ3n) is 8.81. The molecule has 0 heterocycles. The van der Waals surface area contributed by atoms with Crippen molar-refractivity contribution in [3.8, 4) is 0 Å². The van der Waals surface area contributed by atoms with Gasteiger partial charge in [-0.15, -0.1) is 0 Å². The molecule has 4 saturated carbocycles. The Morgan fingerprint density at radius 2 is 1.58 bits per heavy atom. The van der Waals surface area contributed by atoms with Crippen LogP contribution in [0.4, 0.5) is 0 Å². The number of hydrogen-bond donors (Lipinski definition) is 0. The molecule has 0 heteroatoms. The molecule has 130 valence electrons. The first-order valence-electron chi connectivity index (χ1n) is 10.9. The molecule has 0 spiro atoms. The van der Waals surface area contributed by atoms with Gasteiger partial charge >= 0.3 is 0 Å². The van der Waals surface area contributed by atoms with E-state index in [1.807, 2.05) is 0 Å². The summed E-state index contributed by atoms with van der Waals surface area (Å²) >= 11 is 0. The van der Waals surface area contributed by atoms with Crippen molar-refractivity contribution in [3.63, 3.8) is 0 Å². The average Bonchev–Trinajstić information content (AvgIpc) is 3.06. The Morgan fingerprint density at radius 3 is 2.50 bits per heavy atom. The summed E-state index contributed by atoms with van der Waals surface area (Å²) in [4.78, 5) is 0. The maximum absolute atomic E-state index is 2.38. The van der Waals surface area contributed by atoms with Gasteiger partial charge in [0.1, 0.15) is 0 Å². The van der Waals surface area contributed by atoms with Gasteiger partial charge < -0.3 is 0 Å². The zero-order valence-corrected chi connectivity index (χ0v) is 15.3. The quantitative estimate of drug-likeness (QED) is 0.572. The molecular weight excluding hydrogens is 288 g/mol. The van der Waals surface area contributed by atoms with Crippen LogP contribution in [0.2, 0.25) is 0 Å². The fraction of sp³-hybridized carbons (Fsp3) is 0.750. The number of fused-ring (bicyclic) bond motifs is 5. The summed E-state index contributed by atoms with van der Waals surface area (Å²) in [6.07, 6.45) is 18.4. The van der Waals surface area contributed by atoms with E-state index < -0.39 is 0 Å². The predicted molar refractivity (Wildman–Crippen MR) is 101 cm³/mol. The Labute approximate surface area is 148 Å². The average molecular weight is 323 g/mol. The van der Waals surface area contributed by atoms with Crippen LogP contribution in [0.25, 0.3) is 0 Å². The number of benzene rings is 1. The first-order valence-corrected chi connectivity index (χ1v) is 10.9. The van der Waals surface area contributed by atoms with Gasteiger partial charge in [0, 0.05) is 0 Å². The van der Waals surface area contributed by atoms with Crippen LogP contribution >= 0.6 is 0 Å². The highest BCUT2D eigenvalue weighted by Crippen LogP contribution is 2.63. The summed E-state index contributed by atoms with van der Waals surface area (Å²) in [5.74, 6) is 5.48. The lowest BCUT2D eigenvalue weighted by Crippen LogP contribution is -2.48. The van der Waals surface area contributed by atoms with Crippen LogP contribution in [0.1, 0.15) is 76.2 Å². The summed E-state index contributed by atoms with van der Waals surface area (Å²) < 4.78 is 0. The summed E-state index contributed by atoms with van der Waals surface area (Å²) in [6, 6.07) is 11.4. The van der Waals surface area contributed by atoms with Gasteiger partial charge in [0.2, 0.25) is 0 Å². The normalized spacial score (nSPS) is 44.4. The van der Waals surface area contributed by atoms with Crippen molar-refractivity contribution in [2.45, 2.75) is 77.0 Å². The van der Waals surface area contributed by atoms with Gasteiger partial charge in [0.15, 0.2) is 0 Å². The standard InChI is InChI=1S/C24H34/c1-2-7-18(8-3-1)17-24-15-6-11-23(24)22-13-12-19-9-4-5-10-20(19)21(22)14-16-24/h1-3,7-8,19-23H,4-6,9-17H2/t19?,20-,21+,22+,23-,24-/m0/s1. The monoisotopic (exact) mass is 322 g/mol. The van der Waals surface area contributed by atoms with Crippen molar-refractivity contribution >= 4 is 0 Å². The molecule has 4 aliphatic carbocycles. The van der Waals surface area contributed by atoms with Crippen molar-refractivity contribution in [2.24, 2.45) is 35.0 Å². The molecule has 6 atom stereocenters. The predicted octanol–water partition coefficient (Wildman–Crippen LogP) is 6.64. The highest BCUT2D eigenvalue weighted by atomic mass is 14.6. The van der Waals surface area contributed by atoms with Crippen LogP contribution in [0.15, 0.2) is 30.3 Å². The summed E-state index contributed by atoms with van der Waals surface area (Å²) in [5, 5.41) is 0. The summed E-state index contributed by atoms with van der Waals surface area (Å²) in [6.45, 7) is 0. The molecule has 0 radical (unpaired) electrons. The molecule has 0 saturated heterocycles. The minimum absolute atomic E-state index is 0.671. The molecule has 0 N–H and O–H groups in total. The van der Waals surface area contributed by atoms with Crippen molar-refractivity contribution in [1.82, 2.24) is 0 Å². The Kier molecular flexibility index (Phi) is 3.99. The second kappa shape index (κ2) is 6.19. The molecule has 5 rings (SSSR count). The third kappa shape index (κ3) is 2.47. The van der Waals surface area contributed by atoms with Crippen LogP contribution in [0.3, 0.4) is 0 Å². The summed E-state index contributed by atoms with van der Waals surface area (Å²) in [7, 11) is 0. The second-order valence-corrected chi connectivity index (χ2v) is 9.68. The fourth-order valence-corrected chi connectivity index (χ4v) is 7.93. The fourth-order valence-electron chi connectivity index (χ4n) is 7.93. The van der Waals surface area contributed by atoms with Crippen molar-refractivity contribution in [3.05, 3.63) is 35.9 Å². The molecule has 0 bridgehead atoms. The molecule has 4 aliphatic rings. The molecule has 4 fully saturated rings. The third-order valence-corrected chi connectivity index (χ3v) is 8.81. The SMILES string of the molecule is c1ccc(C[C@@]23CCC[C@H]2[C@@H]2CCC4CCCC[C@@H]4[C@H]2CC3)cc1. The van der Waals surface area contributed by atoms with Gasteiger partial charge in [-0.2, -0.15) is 0 Å². The van der Waals surface area contributed by atoms with Crippen molar-refractivity contribution in [2.75, 3.05) is 0 Å². The minimum Gasteiger partial charge on any atom is -0.0622 e. The molecule has 1 aromatic rings. The van der Waals surface area contributed by atoms with Crippen LogP contribution in [-0.2, 0) is 6.42 Å². The second-order valence-electron chi connectivity index (χ2n) is 9.68. The van der Waals surface area contributed by atoms with Crippen molar-refractivity contribution < 1.29 is 0 Å². The first-order chi connectivity index (χ1) is 11.9. The van der Waals surface area contributed by atoms with E-state index in [0.717, 1.165) is 29.6 Å². The van der Waals surface area contributed by atoms with Gasteiger partial charge in [0.25, 0.3) is 0 Å². The maximum Gasteiger partial charge on any atom is -0.0219 e. The highest BCUT2D eigenvalue weighted by Gasteiger charge is 2.54. The topological polar surface area (TPSA) is 0 Å². The lowest BCUT2D eigenvalue weighted by molar-refractivity contribution is -0.0558. The number of hydrogen-bond acceptors (Lipinski definition) is 0. The molecule has 1 aromatic carbocycles. The molecule has 0 aliphatic heterocycles. The van der Waals surface area contributed by atoms with Crippen LogP contribution in [0, 0.1) is 35.0 Å². The van der Waals surface area contributed by atoms with Gasteiger partial charge in [-0.3, -0.25) is 0 Å². The Balaban J connectivity index is 1.40. The molecule has 0 amide bonds. The first kappa shape index (κ1) is 15.5. The van der Waals surface area contributed by atoms with E-state index >= 15 is 0 Å². The maximum atomic E-state index is 2.38. The molecule has 1 unspecified atom stereocenters. The lowest BCUT2D eigenvalue weighted by Gasteiger charge is -2.55. The Hall–Kier alpha value is -0.780. The van der Waals surface area contributed by atoms with E-state index in [2.05, 4.69) is 30.3 Å². The van der Waals surface area contributed by atoms with Gasteiger partial charge in [0.05, 0.1) is 0 Å².